The van der Waals surface area contributed by atoms with E-state index in [0.717, 1.165) is 5.69 Å². The molecule has 1 aliphatic heterocycles. The molecule has 2 aromatic rings. The highest BCUT2D eigenvalue weighted by Gasteiger charge is 2.32. The maximum absolute atomic E-state index is 13.7. The van der Waals surface area contributed by atoms with Gasteiger partial charge < -0.3 is 10.2 Å². The molecule has 2 amide bonds. The molecule has 0 saturated carbocycles. The molecular weight excluding hydrogens is 419 g/mol. The average Bonchev–Trinajstić information content (AvgIpc) is 2.85. The summed E-state index contributed by atoms with van der Waals surface area (Å²) < 4.78 is 13.7. The number of amides is 2. The Bertz CT molecular complexity index is 968. The number of nitriles is 1. The third kappa shape index (κ3) is 6.62. The zero-order chi connectivity index (χ0) is 23.6. The van der Waals surface area contributed by atoms with Crippen LogP contribution in [0, 0.1) is 23.1 Å². The Hall–Kier alpha value is -3.24. The number of hydrogen-bond acceptors (Lipinski definition) is 4. The first kappa shape index (κ1) is 24.4. The summed E-state index contributed by atoms with van der Waals surface area (Å²) in [6.45, 7) is 3.95. The summed E-state index contributed by atoms with van der Waals surface area (Å²) in [5.74, 6) is -0.403. The number of hydrogen-bond donors (Lipinski definition) is 1. The molecule has 6 nitrogen and oxygen atoms in total. The molecule has 7 heteroatoms. The van der Waals surface area contributed by atoms with Gasteiger partial charge in [0.25, 0.3) is 0 Å². The smallest absolute Gasteiger partial charge is 0.244 e. The average molecular weight is 451 g/mol. The third-order valence-corrected chi connectivity index (χ3v) is 6.24. The highest BCUT2D eigenvalue weighted by molar-refractivity contribution is 5.97. The van der Waals surface area contributed by atoms with E-state index in [0.29, 0.717) is 51.0 Å². The highest BCUT2D eigenvalue weighted by Crippen LogP contribution is 2.22. The monoisotopic (exact) mass is 450 g/mol. The number of halogens is 1. The van der Waals surface area contributed by atoms with Crippen molar-refractivity contribution in [1.82, 2.24) is 10.2 Å². The zero-order valence-electron chi connectivity index (χ0n) is 19.0. The van der Waals surface area contributed by atoms with Gasteiger partial charge in [-0.15, -0.1) is 0 Å². The van der Waals surface area contributed by atoms with Crippen molar-refractivity contribution in [3.05, 3.63) is 66.0 Å². The van der Waals surface area contributed by atoms with E-state index in [4.69, 9.17) is 5.26 Å². The minimum atomic E-state index is -0.339. The highest BCUT2D eigenvalue weighted by atomic mass is 19.1. The molecule has 0 radical (unpaired) electrons. The van der Waals surface area contributed by atoms with Crippen LogP contribution in [0.2, 0.25) is 0 Å². The van der Waals surface area contributed by atoms with Crippen molar-refractivity contribution < 1.29 is 14.0 Å². The summed E-state index contributed by atoms with van der Waals surface area (Å²) in [6.07, 6.45) is 2.07. The minimum Gasteiger partial charge on any atom is -0.356 e. The summed E-state index contributed by atoms with van der Waals surface area (Å²) in [4.78, 5) is 29.6. The van der Waals surface area contributed by atoms with E-state index in [9.17, 15) is 14.0 Å². The summed E-state index contributed by atoms with van der Waals surface area (Å²) in [7, 11) is 0. The van der Waals surface area contributed by atoms with Crippen molar-refractivity contribution in [3.8, 4) is 6.07 Å². The number of rotatable bonds is 9. The first-order chi connectivity index (χ1) is 16.0. The predicted molar refractivity (Wildman–Crippen MR) is 126 cm³/mol. The van der Waals surface area contributed by atoms with Gasteiger partial charge in [0.15, 0.2) is 0 Å². The van der Waals surface area contributed by atoms with Crippen LogP contribution in [0.25, 0.3) is 0 Å². The number of nitrogens with zero attached hydrogens (tertiary/aromatic N) is 3. The van der Waals surface area contributed by atoms with E-state index in [1.165, 1.54) is 6.07 Å². The number of likely N-dealkylation sites (tertiary alicyclic amines) is 1. The van der Waals surface area contributed by atoms with Crippen molar-refractivity contribution in [2.75, 3.05) is 31.1 Å². The molecule has 0 aliphatic carbocycles. The summed E-state index contributed by atoms with van der Waals surface area (Å²) in [5, 5.41) is 11.9. The Kier molecular flexibility index (Phi) is 8.96. The number of benzene rings is 2. The predicted octanol–water partition coefficient (Wildman–Crippen LogP) is 3.53. The molecule has 174 valence electrons. The fourth-order valence-electron chi connectivity index (χ4n) is 4.23. The lowest BCUT2D eigenvalue weighted by Crippen LogP contribution is -2.51. The van der Waals surface area contributed by atoms with Gasteiger partial charge in [-0.05, 0) is 63.0 Å². The van der Waals surface area contributed by atoms with E-state index in [-0.39, 0.29) is 36.0 Å². The number of carbonyl (C=O) groups excluding carboxylic acids is 2. The Morgan fingerprint density at radius 2 is 1.82 bits per heavy atom. The van der Waals surface area contributed by atoms with Gasteiger partial charge in [-0.2, -0.15) is 5.26 Å². The van der Waals surface area contributed by atoms with Crippen LogP contribution in [0.1, 0.15) is 31.7 Å². The maximum atomic E-state index is 13.7. The van der Waals surface area contributed by atoms with Crippen molar-refractivity contribution in [1.29, 1.82) is 5.26 Å². The van der Waals surface area contributed by atoms with Crippen LogP contribution < -0.4 is 10.2 Å². The number of nitrogens with one attached hydrogen (secondary N) is 1. The van der Waals surface area contributed by atoms with Gasteiger partial charge >= 0.3 is 0 Å². The number of carbonyl (C=O) groups is 2. The molecular formula is C26H31FN4O2. The molecule has 2 aromatic carbocycles. The number of para-hydroxylation sites is 1. The molecule has 1 heterocycles. The fourth-order valence-corrected chi connectivity index (χ4v) is 4.23. The van der Waals surface area contributed by atoms with Crippen LogP contribution in [0.4, 0.5) is 10.1 Å². The van der Waals surface area contributed by atoms with Crippen molar-refractivity contribution in [3.63, 3.8) is 0 Å². The van der Waals surface area contributed by atoms with Crippen LogP contribution in [0.5, 0.6) is 0 Å². The normalized spacial score (nSPS) is 15.4. The largest absolute Gasteiger partial charge is 0.356 e. The third-order valence-electron chi connectivity index (χ3n) is 6.24. The molecule has 33 heavy (non-hydrogen) atoms. The summed E-state index contributed by atoms with van der Waals surface area (Å²) in [6, 6.07) is 17.8. The SMILES string of the molecule is CC(C(=O)N(CCC#N)c1ccccc1)N1CCC(C(=O)NCCc2ccccc2F)CC1. The number of anilines is 1. The summed E-state index contributed by atoms with van der Waals surface area (Å²) in [5.41, 5.74) is 1.38. The molecule has 1 atom stereocenters. The van der Waals surface area contributed by atoms with Gasteiger partial charge in [0.1, 0.15) is 5.82 Å². The molecule has 1 fully saturated rings. The lowest BCUT2D eigenvalue weighted by Gasteiger charge is -2.37. The second-order valence-electron chi connectivity index (χ2n) is 8.35. The molecule has 0 spiro atoms. The molecule has 1 aliphatic rings. The van der Waals surface area contributed by atoms with Crippen LogP contribution in [-0.2, 0) is 16.0 Å². The maximum Gasteiger partial charge on any atom is 0.244 e. The fraction of sp³-hybridized carbons (Fsp3) is 0.423. The standard InChI is InChI=1S/C26H31FN4O2/c1-20(26(33)31(17-7-15-28)23-9-3-2-4-10-23)30-18-13-22(14-19-30)25(32)29-16-12-21-8-5-6-11-24(21)27/h2-6,8-11,20,22H,7,12-14,16-19H2,1H3,(H,29,32). The Morgan fingerprint density at radius 1 is 1.15 bits per heavy atom. The van der Waals surface area contributed by atoms with E-state index in [2.05, 4.69) is 16.3 Å². The Labute approximate surface area is 195 Å². The van der Waals surface area contributed by atoms with Crippen LogP contribution in [0.15, 0.2) is 54.6 Å². The van der Waals surface area contributed by atoms with Gasteiger partial charge in [0, 0.05) is 24.7 Å². The second-order valence-corrected chi connectivity index (χ2v) is 8.35. The van der Waals surface area contributed by atoms with Crippen molar-refractivity contribution in [2.24, 2.45) is 5.92 Å². The van der Waals surface area contributed by atoms with E-state index >= 15 is 0 Å². The first-order valence-corrected chi connectivity index (χ1v) is 11.5. The zero-order valence-corrected chi connectivity index (χ0v) is 19.0. The Morgan fingerprint density at radius 3 is 2.48 bits per heavy atom. The van der Waals surface area contributed by atoms with E-state index < -0.39 is 0 Å². The van der Waals surface area contributed by atoms with Crippen LogP contribution in [0.3, 0.4) is 0 Å². The lowest BCUT2D eigenvalue weighted by atomic mass is 9.94. The molecule has 3 rings (SSSR count). The topological polar surface area (TPSA) is 76.4 Å². The molecule has 1 saturated heterocycles. The number of piperidine rings is 1. The molecule has 0 bridgehead atoms. The quantitative estimate of drug-likeness (QED) is 0.634. The van der Waals surface area contributed by atoms with Gasteiger partial charge in [-0.25, -0.2) is 4.39 Å². The first-order valence-electron chi connectivity index (χ1n) is 11.5. The lowest BCUT2D eigenvalue weighted by molar-refractivity contribution is -0.127. The van der Waals surface area contributed by atoms with Crippen LogP contribution >= 0.6 is 0 Å². The van der Waals surface area contributed by atoms with Gasteiger partial charge in [-0.1, -0.05) is 36.4 Å². The minimum absolute atomic E-state index is 0.00935. The van der Waals surface area contributed by atoms with Crippen LogP contribution in [-0.4, -0.2) is 48.9 Å². The van der Waals surface area contributed by atoms with Gasteiger partial charge in [0.05, 0.1) is 18.5 Å². The second kappa shape index (κ2) is 12.1. The molecule has 1 unspecified atom stereocenters. The van der Waals surface area contributed by atoms with Gasteiger partial charge in [0.2, 0.25) is 11.8 Å². The van der Waals surface area contributed by atoms with Crippen molar-refractivity contribution >= 4 is 17.5 Å². The molecule has 1 N–H and O–H groups in total. The van der Waals surface area contributed by atoms with Gasteiger partial charge in [-0.3, -0.25) is 14.5 Å². The van der Waals surface area contributed by atoms with E-state index in [1.807, 2.05) is 37.3 Å². The summed E-state index contributed by atoms with van der Waals surface area (Å²) >= 11 is 0. The molecule has 0 aromatic heterocycles. The van der Waals surface area contributed by atoms with Crippen molar-refractivity contribution in [2.45, 2.75) is 38.6 Å². The van der Waals surface area contributed by atoms with E-state index in [1.54, 1.807) is 23.1 Å². The Balaban J connectivity index is 1.49.